The Balaban J connectivity index is 1.78. The van der Waals surface area contributed by atoms with Gasteiger partial charge in [-0.2, -0.15) is 0 Å². The SMILES string of the molecule is CCOC(=O)c1c(-c2ccc(C)cc2)csc1NC(=O)CNc1ccc(C)cc1. The van der Waals surface area contributed by atoms with Crippen LogP contribution in [0.25, 0.3) is 11.1 Å². The number of hydrogen-bond donors (Lipinski definition) is 2. The summed E-state index contributed by atoms with van der Waals surface area (Å²) < 4.78 is 5.24. The third-order valence-corrected chi connectivity index (χ3v) is 5.29. The summed E-state index contributed by atoms with van der Waals surface area (Å²) >= 11 is 1.32. The molecule has 3 rings (SSSR count). The highest BCUT2D eigenvalue weighted by Gasteiger charge is 2.22. The second-order valence-corrected chi connectivity index (χ2v) is 7.59. The van der Waals surface area contributed by atoms with Crippen LogP contribution in [0.15, 0.2) is 53.9 Å². The van der Waals surface area contributed by atoms with Crippen molar-refractivity contribution in [2.75, 3.05) is 23.8 Å². The van der Waals surface area contributed by atoms with Gasteiger partial charge in [-0.3, -0.25) is 4.79 Å². The van der Waals surface area contributed by atoms with Crippen molar-refractivity contribution >= 4 is 33.9 Å². The molecule has 2 aromatic carbocycles. The number of amides is 1. The number of carbonyl (C=O) groups is 2. The zero-order valence-electron chi connectivity index (χ0n) is 16.7. The molecule has 0 aliphatic heterocycles. The van der Waals surface area contributed by atoms with Crippen LogP contribution in [0.5, 0.6) is 0 Å². The quantitative estimate of drug-likeness (QED) is 0.523. The summed E-state index contributed by atoms with van der Waals surface area (Å²) in [6.45, 7) is 6.15. The fourth-order valence-corrected chi connectivity index (χ4v) is 3.80. The molecule has 1 heterocycles. The molecule has 5 nitrogen and oxygen atoms in total. The molecule has 150 valence electrons. The molecule has 0 atom stereocenters. The summed E-state index contributed by atoms with van der Waals surface area (Å²) in [5.74, 6) is -0.667. The van der Waals surface area contributed by atoms with E-state index < -0.39 is 5.97 Å². The van der Waals surface area contributed by atoms with Crippen molar-refractivity contribution in [1.82, 2.24) is 0 Å². The van der Waals surface area contributed by atoms with Crippen LogP contribution < -0.4 is 10.6 Å². The molecule has 1 amide bonds. The molecule has 0 spiro atoms. The van der Waals surface area contributed by atoms with Gasteiger partial charge < -0.3 is 15.4 Å². The molecular formula is C23H24N2O3S. The highest BCUT2D eigenvalue weighted by Crippen LogP contribution is 2.36. The lowest BCUT2D eigenvalue weighted by Crippen LogP contribution is -2.22. The van der Waals surface area contributed by atoms with E-state index in [0.29, 0.717) is 10.6 Å². The number of anilines is 2. The van der Waals surface area contributed by atoms with Crippen LogP contribution in [-0.2, 0) is 9.53 Å². The maximum atomic E-state index is 12.6. The number of ether oxygens (including phenoxy) is 1. The van der Waals surface area contributed by atoms with Crippen molar-refractivity contribution < 1.29 is 14.3 Å². The van der Waals surface area contributed by atoms with Crippen LogP contribution in [-0.4, -0.2) is 25.0 Å². The van der Waals surface area contributed by atoms with Crippen LogP contribution >= 0.6 is 11.3 Å². The van der Waals surface area contributed by atoms with Gasteiger partial charge in [0.05, 0.1) is 13.2 Å². The molecule has 29 heavy (non-hydrogen) atoms. The molecule has 0 fully saturated rings. The Kier molecular flexibility index (Phi) is 6.67. The predicted octanol–water partition coefficient (Wildman–Crippen LogP) is 5.26. The zero-order chi connectivity index (χ0) is 20.8. The average molecular weight is 409 g/mol. The van der Waals surface area contributed by atoms with Gasteiger partial charge in [-0.15, -0.1) is 11.3 Å². The molecule has 0 saturated heterocycles. The Morgan fingerprint density at radius 2 is 1.59 bits per heavy atom. The highest BCUT2D eigenvalue weighted by molar-refractivity contribution is 7.15. The van der Waals surface area contributed by atoms with E-state index in [2.05, 4.69) is 10.6 Å². The average Bonchev–Trinajstić information content (AvgIpc) is 3.12. The van der Waals surface area contributed by atoms with Gasteiger partial charge in [0.25, 0.3) is 0 Å². The minimum atomic E-state index is -0.439. The highest BCUT2D eigenvalue weighted by atomic mass is 32.1. The number of rotatable bonds is 7. The summed E-state index contributed by atoms with van der Waals surface area (Å²) in [5, 5.41) is 8.31. The lowest BCUT2D eigenvalue weighted by molar-refractivity contribution is -0.114. The van der Waals surface area contributed by atoms with E-state index >= 15 is 0 Å². The van der Waals surface area contributed by atoms with Crippen molar-refractivity contribution in [2.45, 2.75) is 20.8 Å². The van der Waals surface area contributed by atoms with Crippen LogP contribution in [0.3, 0.4) is 0 Å². The first-order valence-electron chi connectivity index (χ1n) is 9.44. The third-order valence-electron chi connectivity index (χ3n) is 4.39. The van der Waals surface area contributed by atoms with E-state index in [9.17, 15) is 9.59 Å². The lowest BCUT2D eigenvalue weighted by atomic mass is 10.0. The van der Waals surface area contributed by atoms with Gasteiger partial charge >= 0.3 is 5.97 Å². The number of esters is 1. The molecule has 6 heteroatoms. The molecule has 3 aromatic rings. The number of benzene rings is 2. The third kappa shape index (κ3) is 5.23. The molecule has 0 aliphatic rings. The van der Waals surface area contributed by atoms with Gasteiger partial charge in [0.15, 0.2) is 0 Å². The molecule has 1 aromatic heterocycles. The molecule has 0 radical (unpaired) electrons. The van der Waals surface area contributed by atoms with Crippen molar-refractivity contribution in [2.24, 2.45) is 0 Å². The minimum Gasteiger partial charge on any atom is -0.462 e. The van der Waals surface area contributed by atoms with Gasteiger partial charge in [-0.05, 0) is 38.5 Å². The number of thiophene rings is 1. The second kappa shape index (κ2) is 9.39. The smallest absolute Gasteiger partial charge is 0.341 e. The summed E-state index contributed by atoms with van der Waals surface area (Å²) in [6.07, 6.45) is 0. The van der Waals surface area contributed by atoms with Gasteiger partial charge in [-0.25, -0.2) is 4.79 Å². The number of nitrogens with one attached hydrogen (secondary N) is 2. The standard InChI is InChI=1S/C23H24N2O3S/c1-4-28-23(27)21-19(17-9-5-15(2)6-10-17)14-29-22(21)25-20(26)13-24-18-11-7-16(3)8-12-18/h5-12,14,24H,4,13H2,1-3H3,(H,25,26). The van der Waals surface area contributed by atoms with Crippen LogP contribution in [0.1, 0.15) is 28.4 Å². The Bertz CT molecular complexity index is 992. The molecule has 2 N–H and O–H groups in total. The van der Waals surface area contributed by atoms with Crippen molar-refractivity contribution in [3.05, 3.63) is 70.6 Å². The zero-order valence-corrected chi connectivity index (χ0v) is 17.6. The summed E-state index contributed by atoms with van der Waals surface area (Å²) in [4.78, 5) is 25.1. The maximum absolute atomic E-state index is 12.6. The minimum absolute atomic E-state index is 0.100. The summed E-state index contributed by atoms with van der Waals surface area (Å²) in [6, 6.07) is 15.7. The summed E-state index contributed by atoms with van der Waals surface area (Å²) in [7, 11) is 0. The molecule has 0 saturated carbocycles. The Hall–Kier alpha value is -3.12. The topological polar surface area (TPSA) is 67.4 Å². The van der Waals surface area contributed by atoms with Gasteiger partial charge in [-0.1, -0.05) is 47.5 Å². The van der Waals surface area contributed by atoms with E-state index in [1.54, 1.807) is 6.92 Å². The van der Waals surface area contributed by atoms with E-state index in [0.717, 1.165) is 27.9 Å². The van der Waals surface area contributed by atoms with E-state index in [-0.39, 0.29) is 19.1 Å². The predicted molar refractivity (Wildman–Crippen MR) is 119 cm³/mol. The Morgan fingerprint density at radius 3 is 2.21 bits per heavy atom. The van der Waals surface area contributed by atoms with Crippen LogP contribution in [0.4, 0.5) is 10.7 Å². The lowest BCUT2D eigenvalue weighted by Gasteiger charge is -2.10. The first-order valence-corrected chi connectivity index (χ1v) is 10.3. The van der Waals surface area contributed by atoms with Gasteiger partial charge in [0.2, 0.25) is 5.91 Å². The van der Waals surface area contributed by atoms with E-state index in [1.165, 1.54) is 11.3 Å². The van der Waals surface area contributed by atoms with Crippen molar-refractivity contribution in [1.29, 1.82) is 0 Å². The number of aryl methyl sites for hydroxylation is 2. The number of carbonyl (C=O) groups excluding carboxylic acids is 2. The van der Waals surface area contributed by atoms with E-state index in [4.69, 9.17) is 4.74 Å². The van der Waals surface area contributed by atoms with Crippen molar-refractivity contribution in [3.63, 3.8) is 0 Å². The molecule has 0 bridgehead atoms. The van der Waals surface area contributed by atoms with E-state index in [1.807, 2.05) is 67.8 Å². The largest absolute Gasteiger partial charge is 0.462 e. The Labute approximate surface area is 174 Å². The first-order chi connectivity index (χ1) is 14.0. The Morgan fingerprint density at radius 1 is 0.966 bits per heavy atom. The first kappa shape index (κ1) is 20.6. The fraction of sp³-hybridized carbons (Fsp3) is 0.217. The normalized spacial score (nSPS) is 10.4. The maximum Gasteiger partial charge on any atom is 0.341 e. The molecule has 0 unspecified atom stereocenters. The van der Waals surface area contributed by atoms with Crippen LogP contribution in [0, 0.1) is 13.8 Å². The molecule has 0 aliphatic carbocycles. The van der Waals surface area contributed by atoms with Crippen LogP contribution in [0.2, 0.25) is 0 Å². The van der Waals surface area contributed by atoms with Gasteiger partial charge in [0.1, 0.15) is 10.6 Å². The van der Waals surface area contributed by atoms with Crippen molar-refractivity contribution in [3.8, 4) is 11.1 Å². The number of hydrogen-bond acceptors (Lipinski definition) is 5. The second-order valence-electron chi connectivity index (χ2n) is 6.71. The summed E-state index contributed by atoms with van der Waals surface area (Å²) in [5.41, 5.74) is 5.22. The monoisotopic (exact) mass is 408 g/mol. The molecular weight excluding hydrogens is 384 g/mol. The fourth-order valence-electron chi connectivity index (χ4n) is 2.83. The van der Waals surface area contributed by atoms with Gasteiger partial charge in [0, 0.05) is 16.6 Å².